The number of anilines is 1. The number of carbonyl (C=O) groups excluding carboxylic acids is 1. The minimum absolute atomic E-state index is 0.110. The summed E-state index contributed by atoms with van der Waals surface area (Å²) in [7, 11) is 0. The van der Waals surface area contributed by atoms with Crippen molar-refractivity contribution in [3.63, 3.8) is 0 Å². The normalized spacial score (nSPS) is 29.0. The summed E-state index contributed by atoms with van der Waals surface area (Å²) in [6.07, 6.45) is 0. The highest BCUT2D eigenvalue weighted by molar-refractivity contribution is 7.15. The van der Waals surface area contributed by atoms with Gasteiger partial charge >= 0.3 is 0 Å². The number of hydrogen-bond acceptors (Lipinski definition) is 6. The predicted molar refractivity (Wildman–Crippen MR) is 76.9 cm³/mol. The van der Waals surface area contributed by atoms with E-state index in [-0.39, 0.29) is 17.9 Å². The zero-order valence-corrected chi connectivity index (χ0v) is 12.9. The summed E-state index contributed by atoms with van der Waals surface area (Å²) in [6, 6.07) is 0.149. The Morgan fingerprint density at radius 3 is 3.00 bits per heavy atom. The zero-order chi connectivity index (χ0) is 14.3. The molecule has 3 rings (SSSR count). The van der Waals surface area contributed by atoms with Gasteiger partial charge in [-0.3, -0.25) is 4.79 Å². The maximum Gasteiger partial charge on any atom is 0.231 e. The van der Waals surface area contributed by atoms with E-state index >= 15 is 0 Å². The van der Waals surface area contributed by atoms with Crippen LogP contribution in [0.2, 0.25) is 0 Å². The van der Waals surface area contributed by atoms with Crippen LogP contribution >= 0.6 is 11.3 Å². The first-order valence-corrected chi connectivity index (χ1v) is 7.77. The van der Waals surface area contributed by atoms with E-state index in [1.165, 1.54) is 0 Å². The molecule has 6 nitrogen and oxygen atoms in total. The maximum absolute atomic E-state index is 12.6. The van der Waals surface area contributed by atoms with Gasteiger partial charge < -0.3 is 15.0 Å². The van der Waals surface area contributed by atoms with E-state index < -0.39 is 5.41 Å². The smallest absolute Gasteiger partial charge is 0.231 e. The Balaban J connectivity index is 1.81. The van der Waals surface area contributed by atoms with Gasteiger partial charge in [0, 0.05) is 25.0 Å². The number of amides is 1. The molecule has 2 aliphatic rings. The van der Waals surface area contributed by atoms with Crippen molar-refractivity contribution in [1.82, 2.24) is 15.5 Å². The first-order chi connectivity index (χ1) is 9.51. The molecule has 110 valence electrons. The van der Waals surface area contributed by atoms with Crippen LogP contribution in [0.4, 0.5) is 5.13 Å². The standard InChI is InChI=1S/C13H20N4O2S/c1-8(2)14-11(18)13-6-17(4-10(13)5-19-7-13)12-16-15-9(3)20-12/h8,10H,4-7H2,1-3H3,(H,14,18)/t10-,13-/m0/s1. The van der Waals surface area contributed by atoms with Gasteiger partial charge in [-0.25, -0.2) is 0 Å². The molecule has 3 heterocycles. The third-order valence-corrected chi connectivity index (χ3v) is 4.93. The summed E-state index contributed by atoms with van der Waals surface area (Å²) in [4.78, 5) is 14.8. The second-order valence-corrected chi connectivity index (χ2v) is 7.14. The molecule has 20 heavy (non-hydrogen) atoms. The van der Waals surface area contributed by atoms with Crippen LogP contribution in [0.3, 0.4) is 0 Å². The first kappa shape index (κ1) is 13.8. The van der Waals surface area contributed by atoms with E-state index in [0.717, 1.165) is 16.7 Å². The van der Waals surface area contributed by atoms with Gasteiger partial charge in [0.1, 0.15) is 5.01 Å². The first-order valence-electron chi connectivity index (χ1n) is 6.95. The van der Waals surface area contributed by atoms with E-state index in [4.69, 9.17) is 4.74 Å². The van der Waals surface area contributed by atoms with Gasteiger partial charge in [0.25, 0.3) is 0 Å². The monoisotopic (exact) mass is 296 g/mol. The molecule has 2 saturated heterocycles. The molecule has 2 atom stereocenters. The van der Waals surface area contributed by atoms with Crippen molar-refractivity contribution in [2.75, 3.05) is 31.2 Å². The average molecular weight is 296 g/mol. The molecular formula is C13H20N4O2S. The van der Waals surface area contributed by atoms with Gasteiger partial charge in [-0.15, -0.1) is 10.2 Å². The Labute approximate surface area is 122 Å². The number of aryl methyl sites for hydroxylation is 1. The second-order valence-electron chi connectivity index (χ2n) is 5.98. The number of aromatic nitrogens is 2. The largest absolute Gasteiger partial charge is 0.380 e. The third-order valence-electron chi connectivity index (χ3n) is 4.03. The Morgan fingerprint density at radius 1 is 1.55 bits per heavy atom. The molecule has 0 unspecified atom stereocenters. The molecule has 1 aromatic heterocycles. The Bertz CT molecular complexity index is 518. The number of carbonyl (C=O) groups is 1. The highest BCUT2D eigenvalue weighted by Crippen LogP contribution is 2.43. The fraction of sp³-hybridized carbons (Fsp3) is 0.769. The highest BCUT2D eigenvalue weighted by Gasteiger charge is 2.56. The molecule has 0 aliphatic carbocycles. The molecule has 7 heteroatoms. The Kier molecular flexibility index (Phi) is 3.41. The van der Waals surface area contributed by atoms with Crippen molar-refractivity contribution in [2.24, 2.45) is 11.3 Å². The van der Waals surface area contributed by atoms with Crippen LogP contribution in [0.15, 0.2) is 0 Å². The predicted octanol–water partition coefficient (Wildman–Crippen LogP) is 0.824. The van der Waals surface area contributed by atoms with Crippen molar-refractivity contribution >= 4 is 22.4 Å². The van der Waals surface area contributed by atoms with Crippen LogP contribution in [0.5, 0.6) is 0 Å². The Morgan fingerprint density at radius 2 is 2.35 bits per heavy atom. The second kappa shape index (κ2) is 4.96. The molecular weight excluding hydrogens is 276 g/mol. The molecule has 0 saturated carbocycles. The highest BCUT2D eigenvalue weighted by atomic mass is 32.1. The van der Waals surface area contributed by atoms with Gasteiger partial charge in [0.15, 0.2) is 0 Å². The van der Waals surface area contributed by atoms with Crippen LogP contribution < -0.4 is 10.2 Å². The lowest BCUT2D eigenvalue weighted by atomic mass is 9.80. The molecule has 0 spiro atoms. The topological polar surface area (TPSA) is 67.3 Å². The van der Waals surface area contributed by atoms with E-state index in [2.05, 4.69) is 20.4 Å². The van der Waals surface area contributed by atoms with Crippen molar-refractivity contribution in [1.29, 1.82) is 0 Å². The van der Waals surface area contributed by atoms with E-state index in [9.17, 15) is 4.79 Å². The fourth-order valence-corrected chi connectivity index (χ4v) is 3.72. The van der Waals surface area contributed by atoms with Gasteiger partial charge in [0.05, 0.1) is 18.6 Å². The van der Waals surface area contributed by atoms with E-state index in [0.29, 0.717) is 19.8 Å². The van der Waals surface area contributed by atoms with E-state index in [1.807, 2.05) is 20.8 Å². The molecule has 2 aliphatic heterocycles. The lowest BCUT2D eigenvalue weighted by molar-refractivity contribution is -0.131. The summed E-state index contributed by atoms with van der Waals surface area (Å²) >= 11 is 1.58. The summed E-state index contributed by atoms with van der Waals surface area (Å²) in [5, 5.41) is 13.2. The van der Waals surface area contributed by atoms with Gasteiger partial charge in [-0.05, 0) is 20.8 Å². The average Bonchev–Trinajstić information content (AvgIpc) is 2.99. The molecule has 1 N–H and O–H groups in total. The number of nitrogens with zero attached hydrogens (tertiary/aromatic N) is 3. The third kappa shape index (κ3) is 2.18. The lowest BCUT2D eigenvalue weighted by Gasteiger charge is -2.26. The number of fused-ring (bicyclic) bond motifs is 1. The van der Waals surface area contributed by atoms with Gasteiger partial charge in [-0.1, -0.05) is 11.3 Å². The van der Waals surface area contributed by atoms with Crippen molar-refractivity contribution < 1.29 is 9.53 Å². The van der Waals surface area contributed by atoms with Crippen molar-refractivity contribution in [3.8, 4) is 0 Å². The van der Waals surface area contributed by atoms with Gasteiger partial charge in [0.2, 0.25) is 11.0 Å². The number of nitrogens with one attached hydrogen (secondary N) is 1. The quantitative estimate of drug-likeness (QED) is 0.894. The van der Waals surface area contributed by atoms with E-state index in [1.54, 1.807) is 11.3 Å². The van der Waals surface area contributed by atoms with Gasteiger partial charge in [-0.2, -0.15) is 0 Å². The number of rotatable bonds is 3. The number of hydrogen-bond donors (Lipinski definition) is 1. The maximum atomic E-state index is 12.6. The summed E-state index contributed by atoms with van der Waals surface area (Å²) in [5.41, 5.74) is -0.427. The summed E-state index contributed by atoms with van der Waals surface area (Å²) in [5.74, 6) is 0.351. The number of ether oxygens (including phenoxy) is 1. The van der Waals surface area contributed by atoms with Crippen molar-refractivity contribution in [2.45, 2.75) is 26.8 Å². The van der Waals surface area contributed by atoms with Crippen LogP contribution in [0.25, 0.3) is 0 Å². The molecule has 0 aromatic carbocycles. The summed E-state index contributed by atoms with van der Waals surface area (Å²) < 4.78 is 5.59. The molecule has 0 radical (unpaired) electrons. The molecule has 2 fully saturated rings. The summed E-state index contributed by atoms with van der Waals surface area (Å²) in [6.45, 7) is 8.57. The zero-order valence-electron chi connectivity index (χ0n) is 12.0. The Hall–Kier alpha value is -1.21. The molecule has 1 amide bonds. The molecule has 1 aromatic rings. The van der Waals surface area contributed by atoms with Crippen LogP contribution in [0, 0.1) is 18.3 Å². The lowest BCUT2D eigenvalue weighted by Crippen LogP contribution is -2.48. The van der Waals surface area contributed by atoms with Crippen LogP contribution in [0.1, 0.15) is 18.9 Å². The van der Waals surface area contributed by atoms with Crippen LogP contribution in [-0.2, 0) is 9.53 Å². The molecule has 0 bridgehead atoms. The fourth-order valence-electron chi connectivity index (χ4n) is 3.02. The minimum atomic E-state index is -0.427. The van der Waals surface area contributed by atoms with Crippen LogP contribution in [-0.4, -0.2) is 48.4 Å². The van der Waals surface area contributed by atoms with Crippen molar-refractivity contribution in [3.05, 3.63) is 5.01 Å². The SMILES string of the molecule is Cc1nnc(N2C[C@H]3COC[C@@]3(C(=O)NC(C)C)C2)s1. The minimum Gasteiger partial charge on any atom is -0.380 e.